The Morgan fingerprint density at radius 1 is 0.962 bits per heavy atom. The SMILES string of the molecule is C/C(=C\CC(C)C)c1c(S)ccc2oc3ccnc(-c4[c-]c5ccsc5c(C(C)(C)C)c4)c3c12.CCC(C)(CC)C(=O)/C=C(\O)C(C)(CC)CC.[Ir]. The van der Waals surface area contributed by atoms with Gasteiger partial charge in [-0.3, -0.25) is 9.78 Å². The van der Waals surface area contributed by atoms with Gasteiger partial charge in [0, 0.05) is 70.1 Å². The largest absolute Gasteiger partial charge is 0.512 e. The maximum atomic E-state index is 12.2. The molecule has 0 saturated heterocycles. The first kappa shape index (κ1) is 43.7. The summed E-state index contributed by atoms with van der Waals surface area (Å²) in [5.74, 6) is 0.882. The number of benzene rings is 2. The number of furan rings is 1. The number of aromatic nitrogens is 1. The molecule has 0 bridgehead atoms. The number of thiol groups is 1. The third kappa shape index (κ3) is 9.14. The smallest absolute Gasteiger partial charge is 0.164 e. The fraction of sp³-hybridized carbons (Fsp3) is 0.467. The number of aliphatic hydroxyl groups is 1. The fourth-order valence-electron chi connectivity index (χ4n) is 6.29. The zero-order valence-electron chi connectivity index (χ0n) is 33.2. The summed E-state index contributed by atoms with van der Waals surface area (Å²) in [7, 11) is 0. The molecule has 0 unspecified atom stereocenters. The minimum Gasteiger partial charge on any atom is -0.512 e. The minimum atomic E-state index is -0.337. The van der Waals surface area contributed by atoms with Gasteiger partial charge in [0.25, 0.3) is 0 Å². The molecule has 0 amide bonds. The van der Waals surface area contributed by atoms with Gasteiger partial charge >= 0.3 is 0 Å². The van der Waals surface area contributed by atoms with Crippen molar-refractivity contribution in [2.45, 2.75) is 125 Å². The van der Waals surface area contributed by atoms with Crippen molar-refractivity contribution in [1.29, 1.82) is 0 Å². The quantitative estimate of drug-likeness (QED) is 0.0600. The maximum absolute atomic E-state index is 12.2. The van der Waals surface area contributed by atoms with Crippen molar-refractivity contribution in [3.63, 3.8) is 0 Å². The molecule has 1 radical (unpaired) electrons. The second kappa shape index (κ2) is 17.6. The van der Waals surface area contributed by atoms with E-state index in [-0.39, 0.29) is 47.9 Å². The van der Waals surface area contributed by atoms with Gasteiger partial charge in [-0.15, -0.1) is 36.2 Å². The Morgan fingerprint density at radius 2 is 1.58 bits per heavy atom. The van der Waals surface area contributed by atoms with Crippen LogP contribution in [0.5, 0.6) is 0 Å². The van der Waals surface area contributed by atoms with Gasteiger partial charge in [0.2, 0.25) is 0 Å². The molecule has 0 aliphatic heterocycles. The first-order valence-electron chi connectivity index (χ1n) is 18.5. The molecule has 4 nitrogen and oxygen atoms in total. The van der Waals surface area contributed by atoms with Crippen LogP contribution in [0.4, 0.5) is 0 Å². The van der Waals surface area contributed by atoms with Gasteiger partial charge in [0.1, 0.15) is 16.9 Å². The number of nitrogens with zero attached hydrogens (tertiary/aromatic N) is 1. The summed E-state index contributed by atoms with van der Waals surface area (Å²) in [6.45, 7) is 25.5. The van der Waals surface area contributed by atoms with E-state index in [2.05, 4.69) is 71.2 Å². The first-order valence-corrected chi connectivity index (χ1v) is 19.9. The standard InChI is InChI=1S/C30H30NOS2.C15H28O2.Ir/c1-17(2)7-8-18(3)25-24(33)10-9-22-26(25)27-23(32-22)11-13-31-28(27)20-15-19-12-14-34-29(19)21(16-20)30(4,5)6;1-7-14(5,8-2)12(16)11-13(17)15(6,9-3)10-4;/h8-14,16-17,33H,7H2,1-6H3;11,16H,7-10H2,1-6H3;/q-1;;/b18-8+;12-11-;. The fourth-order valence-corrected chi connectivity index (χ4v) is 7.73. The van der Waals surface area contributed by atoms with Crippen LogP contribution < -0.4 is 0 Å². The monoisotopic (exact) mass is 917 g/mol. The number of pyridine rings is 1. The number of thiophene rings is 1. The van der Waals surface area contributed by atoms with E-state index in [1.165, 1.54) is 21.9 Å². The second-order valence-electron chi connectivity index (χ2n) is 15.9. The van der Waals surface area contributed by atoms with Crippen LogP contribution in [0.3, 0.4) is 0 Å². The molecule has 0 saturated carbocycles. The summed E-state index contributed by atoms with van der Waals surface area (Å²) in [6, 6.07) is 14.1. The molecule has 3 aromatic heterocycles. The number of allylic oxidation sites excluding steroid dienone is 4. The summed E-state index contributed by atoms with van der Waals surface area (Å²) < 4.78 is 7.64. The van der Waals surface area contributed by atoms with Crippen LogP contribution in [0.2, 0.25) is 0 Å². The Labute approximate surface area is 335 Å². The number of ketones is 1. The molecule has 283 valence electrons. The zero-order chi connectivity index (χ0) is 37.9. The van der Waals surface area contributed by atoms with E-state index in [4.69, 9.17) is 22.0 Å². The molecule has 0 fully saturated rings. The normalized spacial score (nSPS) is 13.1. The minimum absolute atomic E-state index is 0. The Hall–Kier alpha value is -2.70. The molecule has 0 aliphatic rings. The van der Waals surface area contributed by atoms with Crippen molar-refractivity contribution in [3.05, 3.63) is 77.0 Å². The third-order valence-electron chi connectivity index (χ3n) is 11.0. The van der Waals surface area contributed by atoms with Gasteiger partial charge in [-0.2, -0.15) is 11.3 Å². The third-order valence-corrected chi connectivity index (χ3v) is 12.3. The average Bonchev–Trinajstić information content (AvgIpc) is 3.74. The maximum Gasteiger partial charge on any atom is 0.164 e. The molecule has 1 N–H and O–H groups in total. The Kier molecular flexibility index (Phi) is 14.8. The molecular weight excluding hydrogens is 859 g/mol. The number of hydrogen-bond donors (Lipinski definition) is 2. The predicted octanol–water partition coefficient (Wildman–Crippen LogP) is 14.3. The van der Waals surface area contributed by atoms with Crippen LogP contribution in [0.1, 0.15) is 126 Å². The van der Waals surface area contributed by atoms with Crippen molar-refractivity contribution < 1.29 is 34.4 Å². The number of aliphatic hydroxyl groups excluding tert-OH is 1. The van der Waals surface area contributed by atoms with Crippen molar-refractivity contribution >= 4 is 67.3 Å². The molecule has 0 aliphatic carbocycles. The molecule has 0 atom stereocenters. The van der Waals surface area contributed by atoms with Crippen LogP contribution in [0.25, 0.3) is 48.9 Å². The van der Waals surface area contributed by atoms with E-state index in [0.717, 1.165) is 81.1 Å². The Bertz CT molecular complexity index is 2070. The van der Waals surface area contributed by atoms with E-state index < -0.39 is 0 Å². The van der Waals surface area contributed by atoms with E-state index >= 15 is 0 Å². The summed E-state index contributed by atoms with van der Waals surface area (Å²) in [5.41, 5.74) is 6.69. The van der Waals surface area contributed by atoms with Crippen molar-refractivity contribution in [2.24, 2.45) is 16.7 Å². The molecular formula is C45H58IrNO3S2-. The predicted molar refractivity (Wildman–Crippen MR) is 223 cm³/mol. The summed E-state index contributed by atoms with van der Waals surface area (Å²) in [6.07, 6.45) is 9.93. The topological polar surface area (TPSA) is 63.3 Å². The summed E-state index contributed by atoms with van der Waals surface area (Å²) in [5, 5.41) is 15.5. The average molecular weight is 917 g/mol. The van der Waals surface area contributed by atoms with Gasteiger partial charge in [-0.25, -0.2) is 0 Å². The van der Waals surface area contributed by atoms with E-state index in [1.807, 2.05) is 65.9 Å². The van der Waals surface area contributed by atoms with Gasteiger partial charge in [-0.1, -0.05) is 93.4 Å². The number of hydrogen-bond acceptors (Lipinski definition) is 6. The molecule has 52 heavy (non-hydrogen) atoms. The molecule has 0 spiro atoms. The van der Waals surface area contributed by atoms with Gasteiger partial charge in [0.05, 0.1) is 0 Å². The second-order valence-corrected chi connectivity index (χ2v) is 17.3. The van der Waals surface area contributed by atoms with E-state index in [1.54, 1.807) is 11.3 Å². The van der Waals surface area contributed by atoms with Crippen LogP contribution in [-0.4, -0.2) is 15.9 Å². The van der Waals surface area contributed by atoms with Crippen molar-refractivity contribution in [2.75, 3.05) is 0 Å². The molecule has 5 rings (SSSR count). The Morgan fingerprint density at radius 3 is 2.15 bits per heavy atom. The molecule has 5 aromatic rings. The molecule has 3 heterocycles. The summed E-state index contributed by atoms with van der Waals surface area (Å²) in [4.78, 5) is 18.0. The number of fused-ring (bicyclic) bond motifs is 4. The van der Waals surface area contributed by atoms with Gasteiger partial charge < -0.3 is 9.52 Å². The van der Waals surface area contributed by atoms with Crippen molar-refractivity contribution in [1.82, 2.24) is 4.98 Å². The number of carbonyl (C=O) groups excluding carboxylic acids is 1. The summed E-state index contributed by atoms with van der Waals surface area (Å²) >= 11 is 6.65. The zero-order valence-corrected chi connectivity index (χ0v) is 37.3. The first-order chi connectivity index (χ1) is 23.9. The van der Waals surface area contributed by atoms with Crippen LogP contribution in [-0.2, 0) is 30.3 Å². The van der Waals surface area contributed by atoms with E-state index in [0.29, 0.717) is 5.92 Å². The van der Waals surface area contributed by atoms with Gasteiger partial charge in [-0.05, 0) is 84.2 Å². The molecule has 7 heteroatoms. The van der Waals surface area contributed by atoms with Crippen LogP contribution in [0, 0.1) is 22.8 Å². The van der Waals surface area contributed by atoms with Gasteiger partial charge in [0.15, 0.2) is 5.78 Å². The van der Waals surface area contributed by atoms with Crippen LogP contribution >= 0.6 is 24.0 Å². The number of rotatable bonds is 11. The number of carbonyl (C=O) groups is 1. The molecule has 2 aromatic carbocycles. The Balaban J connectivity index is 0.000000347. The van der Waals surface area contributed by atoms with E-state index in [9.17, 15) is 9.90 Å². The van der Waals surface area contributed by atoms with Crippen molar-refractivity contribution in [3.8, 4) is 11.3 Å². The van der Waals surface area contributed by atoms with Crippen LogP contribution in [0.15, 0.2) is 69.1 Å².